The summed E-state index contributed by atoms with van der Waals surface area (Å²) in [6, 6.07) is 7.17. The molecule has 1 atom stereocenters. The van der Waals surface area contributed by atoms with Crippen LogP contribution in [-0.2, 0) is 4.79 Å². The minimum absolute atomic E-state index is 0.170. The lowest BCUT2D eigenvalue weighted by molar-refractivity contribution is -0.121. The molecule has 0 saturated heterocycles. The Morgan fingerprint density at radius 2 is 2.00 bits per heavy atom. The van der Waals surface area contributed by atoms with Crippen molar-refractivity contribution in [1.29, 1.82) is 5.41 Å². The van der Waals surface area contributed by atoms with E-state index in [9.17, 15) is 14.4 Å². The third kappa shape index (κ3) is 4.88. The minimum atomic E-state index is -0.926. The highest BCUT2D eigenvalue weighted by Crippen LogP contribution is 2.12. The highest BCUT2D eigenvalue weighted by molar-refractivity contribution is 6.06. The number of nitrogens with one attached hydrogen (secondary N) is 3. The van der Waals surface area contributed by atoms with Gasteiger partial charge >= 0.3 is 5.63 Å². The van der Waals surface area contributed by atoms with Crippen molar-refractivity contribution >= 4 is 28.7 Å². The van der Waals surface area contributed by atoms with Gasteiger partial charge in [0.05, 0.1) is 6.04 Å². The number of rotatable bonds is 6. The van der Waals surface area contributed by atoms with Crippen LogP contribution in [0, 0.1) is 5.41 Å². The Morgan fingerprint density at radius 1 is 1.28 bits per heavy atom. The van der Waals surface area contributed by atoms with Gasteiger partial charge in [-0.3, -0.25) is 20.3 Å². The van der Waals surface area contributed by atoms with Crippen LogP contribution in [0.3, 0.4) is 0 Å². The van der Waals surface area contributed by atoms with Crippen molar-refractivity contribution in [3.8, 4) is 0 Å². The molecule has 1 heterocycles. The van der Waals surface area contributed by atoms with E-state index in [1.165, 1.54) is 6.07 Å². The number of amides is 2. The van der Waals surface area contributed by atoms with Gasteiger partial charge in [-0.05, 0) is 25.0 Å². The van der Waals surface area contributed by atoms with Gasteiger partial charge in [0.25, 0.3) is 5.91 Å². The topological polar surface area (TPSA) is 164 Å². The van der Waals surface area contributed by atoms with Gasteiger partial charge in [0.15, 0.2) is 5.96 Å². The van der Waals surface area contributed by atoms with Crippen LogP contribution in [0.4, 0.5) is 0 Å². The molecule has 0 unspecified atom stereocenters. The quantitative estimate of drug-likeness (QED) is 0.206. The second-order valence-corrected chi connectivity index (χ2v) is 5.39. The molecule has 1 aromatic heterocycles. The van der Waals surface area contributed by atoms with Crippen LogP contribution in [0.2, 0.25) is 0 Å². The van der Waals surface area contributed by atoms with Gasteiger partial charge in [0.1, 0.15) is 11.1 Å². The number of para-hydroxylation sites is 1. The first kappa shape index (κ1) is 18.1. The summed E-state index contributed by atoms with van der Waals surface area (Å²) in [5, 5.41) is 12.3. The van der Waals surface area contributed by atoms with Crippen LogP contribution in [0.5, 0.6) is 0 Å². The van der Waals surface area contributed by atoms with E-state index < -0.39 is 23.5 Å². The number of imide groups is 1. The maximum absolute atomic E-state index is 12.1. The van der Waals surface area contributed by atoms with E-state index in [-0.39, 0.29) is 17.9 Å². The van der Waals surface area contributed by atoms with Crippen LogP contribution in [0.25, 0.3) is 11.0 Å². The number of fused-ring (bicyclic) bond motifs is 1. The smallest absolute Gasteiger partial charge is 0.349 e. The van der Waals surface area contributed by atoms with Crippen molar-refractivity contribution in [1.82, 2.24) is 10.6 Å². The van der Waals surface area contributed by atoms with Gasteiger partial charge in [0.2, 0.25) is 5.91 Å². The second kappa shape index (κ2) is 8.06. The normalized spacial score (nSPS) is 11.7. The first-order chi connectivity index (χ1) is 11.9. The van der Waals surface area contributed by atoms with E-state index in [1.807, 2.05) is 0 Å². The zero-order chi connectivity index (χ0) is 18.4. The summed E-state index contributed by atoms with van der Waals surface area (Å²) in [7, 11) is 0. The number of carbonyl (C=O) groups is 2. The summed E-state index contributed by atoms with van der Waals surface area (Å²) in [5.74, 6) is -1.72. The number of benzene rings is 1. The number of hydrogen-bond donors (Lipinski definition) is 5. The van der Waals surface area contributed by atoms with E-state index in [0.29, 0.717) is 23.9 Å². The van der Waals surface area contributed by atoms with E-state index in [0.717, 1.165) is 0 Å². The molecule has 0 radical (unpaired) electrons. The zero-order valence-corrected chi connectivity index (χ0v) is 13.4. The predicted molar refractivity (Wildman–Crippen MR) is 92.1 cm³/mol. The van der Waals surface area contributed by atoms with E-state index in [2.05, 4.69) is 10.6 Å². The molecule has 0 aliphatic rings. The lowest BCUT2D eigenvalue weighted by Crippen LogP contribution is -2.44. The van der Waals surface area contributed by atoms with Crippen molar-refractivity contribution in [3.05, 3.63) is 46.3 Å². The fourth-order valence-corrected chi connectivity index (χ4v) is 2.17. The van der Waals surface area contributed by atoms with Gasteiger partial charge < -0.3 is 21.2 Å². The lowest BCUT2D eigenvalue weighted by Gasteiger charge is -2.11. The summed E-state index contributed by atoms with van der Waals surface area (Å²) in [6.07, 6.45) is 0.770. The van der Waals surface area contributed by atoms with Gasteiger partial charge in [-0.25, -0.2) is 4.79 Å². The number of guanidine groups is 1. The van der Waals surface area contributed by atoms with Crippen molar-refractivity contribution in [2.45, 2.75) is 18.9 Å². The molecule has 0 fully saturated rings. The molecule has 132 valence electrons. The Morgan fingerprint density at radius 3 is 2.72 bits per heavy atom. The number of hydrogen-bond acceptors (Lipinski definition) is 6. The largest absolute Gasteiger partial charge is 0.422 e. The van der Waals surface area contributed by atoms with E-state index in [1.54, 1.807) is 24.3 Å². The molecule has 0 saturated carbocycles. The fourth-order valence-electron chi connectivity index (χ4n) is 2.17. The zero-order valence-electron chi connectivity index (χ0n) is 13.4. The monoisotopic (exact) mass is 345 g/mol. The van der Waals surface area contributed by atoms with Crippen molar-refractivity contribution in [2.75, 3.05) is 6.54 Å². The van der Waals surface area contributed by atoms with Gasteiger partial charge in [-0.2, -0.15) is 0 Å². The molecule has 2 amide bonds. The summed E-state index contributed by atoms with van der Waals surface area (Å²) in [5.41, 5.74) is 10.1. The molecule has 1 aromatic carbocycles. The summed E-state index contributed by atoms with van der Waals surface area (Å²) < 4.78 is 5.06. The molecule has 9 nitrogen and oxygen atoms in total. The molecule has 2 rings (SSSR count). The fraction of sp³-hybridized carbons (Fsp3) is 0.250. The summed E-state index contributed by atoms with van der Waals surface area (Å²) in [6.45, 7) is 0.387. The van der Waals surface area contributed by atoms with Crippen LogP contribution < -0.4 is 27.7 Å². The first-order valence-electron chi connectivity index (χ1n) is 7.60. The van der Waals surface area contributed by atoms with Crippen LogP contribution in [-0.4, -0.2) is 30.4 Å². The highest BCUT2D eigenvalue weighted by atomic mass is 16.4. The van der Waals surface area contributed by atoms with Gasteiger partial charge in [-0.1, -0.05) is 18.2 Å². The lowest BCUT2D eigenvalue weighted by atomic mass is 10.1. The molecule has 7 N–H and O–H groups in total. The molecule has 9 heteroatoms. The average Bonchev–Trinajstić information content (AvgIpc) is 2.57. The summed E-state index contributed by atoms with van der Waals surface area (Å²) in [4.78, 5) is 36.0. The van der Waals surface area contributed by atoms with Crippen molar-refractivity contribution < 1.29 is 14.0 Å². The Hall–Kier alpha value is -3.20. The van der Waals surface area contributed by atoms with Crippen LogP contribution in [0.1, 0.15) is 23.2 Å². The average molecular weight is 345 g/mol. The molecule has 2 aromatic rings. The minimum Gasteiger partial charge on any atom is -0.422 e. The van der Waals surface area contributed by atoms with Gasteiger partial charge in [-0.15, -0.1) is 0 Å². The molecular weight excluding hydrogens is 326 g/mol. The Labute approximate surface area is 142 Å². The number of nitrogens with two attached hydrogens (primary N) is 2. The molecule has 0 bridgehead atoms. The standard InChI is InChI=1S/C16H19N5O4/c17-11(5-3-7-20-16(18)19)14(23)21-13(22)10-8-9-4-1-2-6-12(9)25-15(10)24/h1-2,4,6,8,11H,3,5,7,17H2,(H4,18,19,20)(H,21,22,23)/t11-/m0/s1. The SMILES string of the molecule is N=C(N)NCCC[C@H](N)C(=O)NC(=O)c1cc2ccccc2oc1=O. The molecular formula is C16H19N5O4. The van der Waals surface area contributed by atoms with Crippen molar-refractivity contribution in [2.24, 2.45) is 11.5 Å². The Balaban J connectivity index is 1.99. The maximum atomic E-state index is 12.1. The van der Waals surface area contributed by atoms with Crippen LogP contribution in [0.15, 0.2) is 39.5 Å². The Bertz CT molecular complexity index is 861. The van der Waals surface area contributed by atoms with Gasteiger partial charge in [0, 0.05) is 11.9 Å². The number of carbonyl (C=O) groups excluding carboxylic acids is 2. The first-order valence-corrected chi connectivity index (χ1v) is 7.60. The Kier molecular flexibility index (Phi) is 5.85. The van der Waals surface area contributed by atoms with E-state index in [4.69, 9.17) is 21.3 Å². The molecule has 25 heavy (non-hydrogen) atoms. The molecule has 0 aliphatic carbocycles. The predicted octanol–water partition coefficient (Wildman–Crippen LogP) is -0.360. The maximum Gasteiger partial charge on any atom is 0.349 e. The molecule has 0 spiro atoms. The highest BCUT2D eigenvalue weighted by Gasteiger charge is 2.20. The molecule has 0 aliphatic heterocycles. The third-order valence-corrected chi connectivity index (χ3v) is 3.47. The third-order valence-electron chi connectivity index (χ3n) is 3.47. The van der Waals surface area contributed by atoms with E-state index >= 15 is 0 Å². The summed E-state index contributed by atoms with van der Waals surface area (Å²) >= 11 is 0. The van der Waals surface area contributed by atoms with Crippen LogP contribution >= 0.6 is 0 Å². The van der Waals surface area contributed by atoms with Crippen molar-refractivity contribution in [3.63, 3.8) is 0 Å². The second-order valence-electron chi connectivity index (χ2n) is 5.39.